The predicted molar refractivity (Wildman–Crippen MR) is 102 cm³/mol. The SMILES string of the molecule is CCN(C)c1ccc(CN2CCCN(c3nc(C)ns3)CC2)cc1. The van der Waals surface area contributed by atoms with E-state index >= 15 is 0 Å². The molecule has 2 heterocycles. The predicted octanol–water partition coefficient (Wildman–Crippen LogP) is 3.01. The Kier molecular flexibility index (Phi) is 5.68. The van der Waals surface area contributed by atoms with Gasteiger partial charge in [0.1, 0.15) is 5.82 Å². The van der Waals surface area contributed by atoms with Crippen LogP contribution in [0.1, 0.15) is 24.7 Å². The van der Waals surface area contributed by atoms with Gasteiger partial charge in [-0.3, -0.25) is 4.90 Å². The molecule has 1 aromatic carbocycles. The molecule has 0 amide bonds. The molecular weight excluding hydrogens is 318 g/mol. The van der Waals surface area contributed by atoms with Crippen molar-refractivity contribution in [2.75, 3.05) is 49.6 Å². The molecule has 130 valence electrons. The highest BCUT2D eigenvalue weighted by atomic mass is 32.1. The average molecular weight is 346 g/mol. The second kappa shape index (κ2) is 7.94. The summed E-state index contributed by atoms with van der Waals surface area (Å²) in [5.74, 6) is 0.883. The van der Waals surface area contributed by atoms with E-state index in [4.69, 9.17) is 0 Å². The van der Waals surface area contributed by atoms with E-state index in [1.54, 1.807) is 0 Å². The topological polar surface area (TPSA) is 35.5 Å². The average Bonchev–Trinajstić information content (AvgIpc) is 2.90. The number of hydrogen-bond donors (Lipinski definition) is 0. The number of aryl methyl sites for hydroxylation is 1. The molecule has 5 nitrogen and oxygen atoms in total. The Bertz CT molecular complexity index is 639. The lowest BCUT2D eigenvalue weighted by molar-refractivity contribution is 0.285. The van der Waals surface area contributed by atoms with Gasteiger partial charge in [-0.25, -0.2) is 4.98 Å². The Labute approximate surface area is 149 Å². The van der Waals surface area contributed by atoms with Gasteiger partial charge in [0.15, 0.2) is 0 Å². The van der Waals surface area contributed by atoms with Gasteiger partial charge in [-0.1, -0.05) is 12.1 Å². The van der Waals surface area contributed by atoms with Crippen molar-refractivity contribution >= 4 is 22.4 Å². The van der Waals surface area contributed by atoms with E-state index in [0.29, 0.717) is 0 Å². The normalized spacial score (nSPS) is 16.2. The summed E-state index contributed by atoms with van der Waals surface area (Å²) < 4.78 is 4.31. The van der Waals surface area contributed by atoms with Gasteiger partial charge in [-0.15, -0.1) is 0 Å². The van der Waals surface area contributed by atoms with Crippen LogP contribution in [0.25, 0.3) is 0 Å². The van der Waals surface area contributed by atoms with Gasteiger partial charge in [0, 0.05) is 63.5 Å². The highest BCUT2D eigenvalue weighted by Gasteiger charge is 2.17. The van der Waals surface area contributed by atoms with Gasteiger partial charge in [0.25, 0.3) is 0 Å². The van der Waals surface area contributed by atoms with E-state index in [0.717, 1.165) is 50.2 Å². The van der Waals surface area contributed by atoms with Gasteiger partial charge in [0.05, 0.1) is 0 Å². The standard InChI is InChI=1S/C18H27N5S/c1-4-21(3)17-8-6-16(7-9-17)14-22-10-5-11-23(13-12-22)18-19-15(2)20-24-18/h6-9H,4-5,10-14H2,1-3H3. The molecule has 1 aromatic heterocycles. The number of aromatic nitrogens is 2. The van der Waals surface area contributed by atoms with Crippen molar-refractivity contribution < 1.29 is 0 Å². The van der Waals surface area contributed by atoms with Crippen LogP contribution in [0.5, 0.6) is 0 Å². The number of anilines is 2. The molecule has 1 aliphatic heterocycles. The monoisotopic (exact) mass is 345 g/mol. The highest BCUT2D eigenvalue weighted by molar-refractivity contribution is 7.09. The third kappa shape index (κ3) is 4.24. The first-order valence-corrected chi connectivity index (χ1v) is 9.50. The quantitative estimate of drug-likeness (QED) is 0.832. The summed E-state index contributed by atoms with van der Waals surface area (Å²) in [6, 6.07) is 8.98. The molecule has 0 radical (unpaired) electrons. The largest absolute Gasteiger partial charge is 0.375 e. The molecule has 0 aliphatic carbocycles. The van der Waals surface area contributed by atoms with Gasteiger partial charge in [-0.05, 0) is 38.0 Å². The van der Waals surface area contributed by atoms with Gasteiger partial charge in [0.2, 0.25) is 5.13 Å². The summed E-state index contributed by atoms with van der Waals surface area (Å²) in [5, 5.41) is 1.07. The molecule has 0 N–H and O–H groups in total. The fourth-order valence-corrected chi connectivity index (χ4v) is 3.76. The van der Waals surface area contributed by atoms with Crippen LogP contribution in [0.3, 0.4) is 0 Å². The molecule has 0 unspecified atom stereocenters. The summed E-state index contributed by atoms with van der Waals surface area (Å²) in [7, 11) is 2.13. The van der Waals surface area contributed by atoms with E-state index in [9.17, 15) is 0 Å². The van der Waals surface area contributed by atoms with Crippen molar-refractivity contribution in [2.45, 2.75) is 26.8 Å². The maximum Gasteiger partial charge on any atom is 0.205 e. The van der Waals surface area contributed by atoms with Crippen LogP contribution in [-0.4, -0.2) is 54.0 Å². The fraction of sp³-hybridized carbons (Fsp3) is 0.556. The van der Waals surface area contributed by atoms with Crippen LogP contribution in [0.2, 0.25) is 0 Å². The second-order valence-corrected chi connectivity index (χ2v) is 7.15. The Morgan fingerprint density at radius 2 is 1.92 bits per heavy atom. The van der Waals surface area contributed by atoms with Crippen LogP contribution < -0.4 is 9.80 Å². The van der Waals surface area contributed by atoms with Crippen molar-refractivity contribution in [3.63, 3.8) is 0 Å². The van der Waals surface area contributed by atoms with Crippen LogP contribution in [0.15, 0.2) is 24.3 Å². The summed E-state index contributed by atoms with van der Waals surface area (Å²) in [6.45, 7) is 10.5. The molecule has 1 fully saturated rings. The Morgan fingerprint density at radius 3 is 2.58 bits per heavy atom. The first-order valence-electron chi connectivity index (χ1n) is 8.73. The van der Waals surface area contributed by atoms with Crippen LogP contribution in [-0.2, 0) is 6.54 Å². The van der Waals surface area contributed by atoms with Crippen molar-refractivity contribution in [1.82, 2.24) is 14.3 Å². The van der Waals surface area contributed by atoms with E-state index in [-0.39, 0.29) is 0 Å². The molecule has 6 heteroatoms. The lowest BCUT2D eigenvalue weighted by atomic mass is 10.2. The third-order valence-electron chi connectivity index (χ3n) is 4.63. The highest BCUT2D eigenvalue weighted by Crippen LogP contribution is 2.20. The minimum absolute atomic E-state index is 0.883. The molecule has 3 rings (SSSR count). The minimum Gasteiger partial charge on any atom is -0.375 e. The molecule has 0 atom stereocenters. The molecule has 1 saturated heterocycles. The van der Waals surface area contributed by atoms with E-state index < -0.39 is 0 Å². The molecule has 1 aliphatic rings. The van der Waals surface area contributed by atoms with Gasteiger partial charge >= 0.3 is 0 Å². The lowest BCUT2D eigenvalue weighted by Crippen LogP contribution is -2.30. The summed E-state index contributed by atoms with van der Waals surface area (Å²) >= 11 is 1.52. The zero-order valence-corrected chi connectivity index (χ0v) is 15.7. The third-order valence-corrected chi connectivity index (χ3v) is 5.50. The fourth-order valence-electron chi connectivity index (χ4n) is 3.03. The maximum absolute atomic E-state index is 4.53. The first kappa shape index (κ1) is 17.2. The zero-order valence-electron chi connectivity index (χ0n) is 14.9. The van der Waals surface area contributed by atoms with E-state index in [2.05, 4.69) is 62.3 Å². The number of hydrogen-bond acceptors (Lipinski definition) is 6. The summed E-state index contributed by atoms with van der Waals surface area (Å²) in [4.78, 5) is 11.7. The van der Waals surface area contributed by atoms with Gasteiger partial charge in [-0.2, -0.15) is 4.37 Å². The molecule has 0 bridgehead atoms. The number of rotatable bonds is 5. The zero-order chi connectivity index (χ0) is 16.9. The molecular formula is C18H27N5S. The van der Waals surface area contributed by atoms with Crippen molar-refractivity contribution in [3.05, 3.63) is 35.7 Å². The Hall–Kier alpha value is -1.66. The molecule has 0 spiro atoms. The van der Waals surface area contributed by atoms with Crippen LogP contribution >= 0.6 is 11.5 Å². The van der Waals surface area contributed by atoms with Crippen molar-refractivity contribution in [1.29, 1.82) is 0 Å². The van der Waals surface area contributed by atoms with Crippen LogP contribution in [0.4, 0.5) is 10.8 Å². The smallest absolute Gasteiger partial charge is 0.205 e. The lowest BCUT2D eigenvalue weighted by Gasteiger charge is -2.22. The maximum atomic E-state index is 4.53. The molecule has 0 saturated carbocycles. The number of nitrogens with zero attached hydrogens (tertiary/aromatic N) is 5. The van der Waals surface area contributed by atoms with Crippen molar-refractivity contribution in [3.8, 4) is 0 Å². The van der Waals surface area contributed by atoms with E-state index in [1.807, 2.05) is 6.92 Å². The summed E-state index contributed by atoms with van der Waals surface area (Å²) in [6.07, 6.45) is 1.18. The first-order chi connectivity index (χ1) is 11.7. The Balaban J connectivity index is 1.56. The molecule has 2 aromatic rings. The number of benzene rings is 1. The molecule has 24 heavy (non-hydrogen) atoms. The summed E-state index contributed by atoms with van der Waals surface area (Å²) in [5.41, 5.74) is 2.68. The Morgan fingerprint density at radius 1 is 1.12 bits per heavy atom. The van der Waals surface area contributed by atoms with Crippen LogP contribution in [0, 0.1) is 6.92 Å². The minimum atomic E-state index is 0.883. The van der Waals surface area contributed by atoms with Gasteiger partial charge < -0.3 is 9.80 Å². The van der Waals surface area contributed by atoms with Crippen molar-refractivity contribution in [2.24, 2.45) is 0 Å². The van der Waals surface area contributed by atoms with E-state index in [1.165, 1.54) is 29.2 Å². The second-order valence-electron chi connectivity index (χ2n) is 6.42.